The number of fused-ring (bicyclic) bond motifs is 6. The molecule has 7 atom stereocenters. The first-order chi connectivity index (χ1) is 24.5. The van der Waals surface area contributed by atoms with Crippen molar-refractivity contribution >= 4 is 40.8 Å². The van der Waals surface area contributed by atoms with Crippen molar-refractivity contribution in [3.63, 3.8) is 0 Å². The second-order valence-electron chi connectivity index (χ2n) is 17.2. The smallest absolute Gasteiger partial charge is 0.241 e. The highest BCUT2D eigenvalue weighted by Gasteiger charge is 2.58. The average molecular weight is 712 g/mol. The molecule has 0 unspecified atom stereocenters. The van der Waals surface area contributed by atoms with Crippen LogP contribution in [0.4, 0.5) is 11.4 Å². The molecule has 0 radical (unpaired) electrons. The number of nitrogens with one attached hydrogen (secondary N) is 3. The van der Waals surface area contributed by atoms with Crippen LogP contribution in [0.2, 0.25) is 0 Å². The van der Waals surface area contributed by atoms with Crippen molar-refractivity contribution in [1.29, 1.82) is 0 Å². The van der Waals surface area contributed by atoms with E-state index in [0.717, 1.165) is 56.9 Å². The van der Waals surface area contributed by atoms with Crippen LogP contribution in [-0.4, -0.2) is 42.0 Å². The van der Waals surface area contributed by atoms with Crippen LogP contribution in [0.3, 0.4) is 0 Å². The van der Waals surface area contributed by atoms with Crippen LogP contribution >= 0.6 is 0 Å². The number of anilines is 2. The first kappa shape index (κ1) is 37.9. The maximum Gasteiger partial charge on any atom is 0.241 e. The molecule has 6 rings (SSSR count). The van der Waals surface area contributed by atoms with E-state index in [1.54, 1.807) is 0 Å². The number of carbonyl (C=O) groups excluding carboxylic acids is 5. The van der Waals surface area contributed by atoms with Crippen LogP contribution in [0, 0.1) is 22.7 Å². The second-order valence-corrected chi connectivity index (χ2v) is 17.2. The Labute approximate surface area is 308 Å². The third-order valence-electron chi connectivity index (χ3n) is 13.9. The van der Waals surface area contributed by atoms with Crippen molar-refractivity contribution in [3.8, 4) is 0 Å². The molecule has 2 saturated carbocycles. The van der Waals surface area contributed by atoms with Crippen molar-refractivity contribution in [2.45, 2.75) is 129 Å². The van der Waals surface area contributed by atoms with Gasteiger partial charge in [-0.2, -0.15) is 0 Å². The van der Waals surface area contributed by atoms with Gasteiger partial charge in [-0.1, -0.05) is 52.7 Å². The molecule has 2 aromatic carbocycles. The third-order valence-corrected chi connectivity index (χ3v) is 13.9. The van der Waals surface area contributed by atoms with E-state index in [-0.39, 0.29) is 65.0 Å². The first-order valence-electron chi connectivity index (χ1n) is 19.2. The fourth-order valence-corrected chi connectivity index (χ4v) is 10.9. The quantitative estimate of drug-likeness (QED) is 0.211. The minimum atomic E-state index is -0.781. The predicted molar refractivity (Wildman–Crippen MR) is 202 cm³/mol. The number of rotatable bonds is 9. The molecule has 2 fully saturated rings. The monoisotopic (exact) mass is 711 g/mol. The van der Waals surface area contributed by atoms with Crippen LogP contribution < -0.4 is 27.4 Å². The Morgan fingerprint density at radius 3 is 1.69 bits per heavy atom. The lowest BCUT2D eigenvalue weighted by Gasteiger charge is -2.56. The molecule has 4 aliphatic rings. The fraction of sp³-hybridized carbons (Fsp3) is 0.595. The van der Waals surface area contributed by atoms with Crippen LogP contribution in [0.5, 0.6) is 0 Å². The highest BCUT2D eigenvalue weighted by atomic mass is 16.2. The van der Waals surface area contributed by atoms with Gasteiger partial charge in [0.25, 0.3) is 0 Å². The number of hydrogen-bond donors (Lipinski definition) is 5. The lowest BCUT2D eigenvalue weighted by molar-refractivity contribution is -0.150. The molecule has 0 aromatic heterocycles. The Morgan fingerprint density at radius 1 is 0.750 bits per heavy atom. The van der Waals surface area contributed by atoms with Crippen LogP contribution in [0.15, 0.2) is 36.4 Å². The zero-order chi connectivity index (χ0) is 37.6. The first-order valence-corrected chi connectivity index (χ1v) is 19.2. The molecule has 0 aliphatic heterocycles. The number of hydrogen-bond acceptors (Lipinski definition) is 7. The number of imide groups is 1. The molecular formula is C42H57N5O5. The molecule has 10 nitrogen and oxygen atoms in total. The summed E-state index contributed by atoms with van der Waals surface area (Å²) in [5.74, 6) is -0.895. The molecule has 10 heteroatoms. The molecule has 0 saturated heterocycles. The van der Waals surface area contributed by atoms with Crippen molar-refractivity contribution < 1.29 is 24.0 Å². The second kappa shape index (κ2) is 14.2. The molecule has 0 heterocycles. The number of carbonyl (C=O) groups is 5. The summed E-state index contributed by atoms with van der Waals surface area (Å²) in [4.78, 5) is 65.5. The van der Waals surface area contributed by atoms with E-state index < -0.39 is 16.9 Å². The number of nitrogens with two attached hydrogens (primary N) is 2. The lowest BCUT2D eigenvalue weighted by Crippen LogP contribution is -2.60. The number of Topliss-reactive ketones (excluding diaryl/α,β-unsaturated/α-hetero) is 1. The SMILES string of the molecule is CC(=O)CC[C@H](N)C(=O)Nc1ccc2c(c1)[C@@]1(C)CCC[C@](C)(C(=O)NC(=O)[C@@]3(C)CCC[C@]4(C)c5cc(NC(=O)CN)ccc5CC[C@@H]34)[C@@H]1CC2. The average Bonchev–Trinajstić information content (AvgIpc) is 3.10. The Balaban J connectivity index is 1.21. The minimum Gasteiger partial charge on any atom is -0.325 e. The zero-order valence-electron chi connectivity index (χ0n) is 31.6. The maximum atomic E-state index is 14.6. The van der Waals surface area contributed by atoms with E-state index in [9.17, 15) is 24.0 Å². The van der Waals surface area contributed by atoms with Crippen molar-refractivity contribution in [2.24, 2.45) is 34.1 Å². The summed E-state index contributed by atoms with van der Waals surface area (Å²) >= 11 is 0. The van der Waals surface area contributed by atoms with Gasteiger partial charge in [0, 0.05) is 17.8 Å². The molecule has 0 bridgehead atoms. The topological polar surface area (TPSA) is 173 Å². The molecule has 4 aliphatic carbocycles. The van der Waals surface area contributed by atoms with E-state index in [4.69, 9.17) is 11.5 Å². The number of ketones is 1. The highest BCUT2D eigenvalue weighted by molar-refractivity contribution is 6.01. The third kappa shape index (κ3) is 6.61. The molecule has 7 N–H and O–H groups in total. The van der Waals surface area contributed by atoms with E-state index in [1.807, 2.05) is 25.1 Å². The Bertz CT molecular complexity index is 1790. The Morgan fingerprint density at radius 2 is 1.23 bits per heavy atom. The summed E-state index contributed by atoms with van der Waals surface area (Å²) in [6, 6.07) is 11.3. The number of benzene rings is 2. The standard InChI is InChI=1S/C42H57N5O5/c1-25(48)8-15-32(44)36(50)46-29-14-10-27-12-17-34-40(3,31(27)23-29)19-7-21-42(34,5)38(52)47-37(51)41(4)20-6-18-39(2)30-22-28(45-35(49)24-43)13-9-26(30)11-16-33(39)41/h9-10,13-14,22-23,32-34H,6-8,11-12,15-21,24,43-44H2,1-5H3,(H,45,49)(H,46,50)(H,47,51,52)/t32-,33+,34+,39+,40+,41-,42-/m0/s1. The zero-order valence-corrected chi connectivity index (χ0v) is 31.6. The summed E-state index contributed by atoms with van der Waals surface area (Å²) in [6.07, 6.45) is 8.83. The van der Waals surface area contributed by atoms with Crippen LogP contribution in [-0.2, 0) is 47.6 Å². The number of amides is 4. The fourth-order valence-electron chi connectivity index (χ4n) is 10.9. The van der Waals surface area contributed by atoms with Crippen molar-refractivity contribution in [2.75, 3.05) is 17.2 Å². The van der Waals surface area contributed by atoms with Gasteiger partial charge in [0.2, 0.25) is 23.6 Å². The van der Waals surface area contributed by atoms with Gasteiger partial charge < -0.3 is 26.9 Å². The van der Waals surface area contributed by atoms with Gasteiger partial charge in [-0.25, -0.2) is 0 Å². The summed E-state index contributed by atoms with van der Waals surface area (Å²) in [7, 11) is 0. The van der Waals surface area contributed by atoms with Gasteiger partial charge in [-0.05, 0) is 134 Å². The molecule has 2 aromatic rings. The maximum absolute atomic E-state index is 14.6. The van der Waals surface area contributed by atoms with Gasteiger partial charge in [0.15, 0.2) is 0 Å². The van der Waals surface area contributed by atoms with Crippen LogP contribution in [0.25, 0.3) is 0 Å². The minimum absolute atomic E-state index is 0.00148. The Kier molecular flexibility index (Phi) is 10.3. The molecule has 4 amide bonds. The van der Waals surface area contributed by atoms with E-state index in [1.165, 1.54) is 23.6 Å². The predicted octanol–water partition coefficient (Wildman–Crippen LogP) is 5.58. The summed E-state index contributed by atoms with van der Waals surface area (Å²) in [5, 5.41) is 8.88. The van der Waals surface area contributed by atoms with Crippen molar-refractivity contribution in [3.05, 3.63) is 58.7 Å². The van der Waals surface area contributed by atoms with Gasteiger partial charge in [0.1, 0.15) is 5.78 Å². The summed E-state index contributed by atoms with van der Waals surface area (Å²) in [5.41, 5.74) is 15.7. The largest absolute Gasteiger partial charge is 0.325 e. The number of aryl methyl sites for hydroxylation is 2. The Hall–Kier alpha value is -3.89. The van der Waals surface area contributed by atoms with Gasteiger partial charge in [0.05, 0.1) is 23.4 Å². The van der Waals surface area contributed by atoms with E-state index >= 15 is 0 Å². The highest BCUT2D eigenvalue weighted by Crippen LogP contribution is 2.59. The van der Waals surface area contributed by atoms with Gasteiger partial charge >= 0.3 is 0 Å². The van der Waals surface area contributed by atoms with Crippen LogP contribution in [0.1, 0.15) is 121 Å². The molecule has 0 spiro atoms. The summed E-state index contributed by atoms with van der Waals surface area (Å²) < 4.78 is 0. The molecule has 52 heavy (non-hydrogen) atoms. The summed E-state index contributed by atoms with van der Waals surface area (Å²) in [6.45, 7) is 9.99. The van der Waals surface area contributed by atoms with Gasteiger partial charge in [-0.3, -0.25) is 24.5 Å². The van der Waals surface area contributed by atoms with E-state index in [2.05, 4.69) is 54.9 Å². The van der Waals surface area contributed by atoms with Gasteiger partial charge in [-0.15, -0.1) is 0 Å². The normalized spacial score (nSPS) is 31.1. The van der Waals surface area contributed by atoms with E-state index in [0.29, 0.717) is 30.6 Å². The van der Waals surface area contributed by atoms with Crippen molar-refractivity contribution in [1.82, 2.24) is 5.32 Å². The lowest BCUT2D eigenvalue weighted by atomic mass is 9.49. The molecular weight excluding hydrogens is 654 g/mol. The molecule has 280 valence electrons.